The maximum Gasteiger partial charge on any atom is 0.118 e. The third kappa shape index (κ3) is 6.35. The molecule has 2 rings (SSSR count). The predicted molar refractivity (Wildman–Crippen MR) is 126 cm³/mol. The third-order valence-corrected chi connectivity index (χ3v) is 5.73. The molecule has 0 aliphatic carbocycles. The van der Waals surface area contributed by atoms with E-state index in [9.17, 15) is 5.11 Å². The standard InChI is InChI=1S/C26H38N2O/c1-7-12-24-17-23(13-14-26(24)29)22(8-2)18-25(27-19(3)4)20(5)21(6)28-15-10-9-11-16-28/h13-14,17-18,29H,3,7-12,15-16H2,1-2,4-6H3/b21-20+,22-18+,27-25?. The Hall–Kier alpha value is -2.29. The van der Waals surface area contributed by atoms with E-state index in [4.69, 9.17) is 4.99 Å². The van der Waals surface area contributed by atoms with Crippen molar-refractivity contribution >= 4 is 11.3 Å². The molecule has 3 heteroatoms. The first-order valence-corrected chi connectivity index (χ1v) is 11.1. The SMILES string of the molecule is C=C(C)N=C(/C=C(\CC)c1ccc(O)c(CCC)c1)/C(C)=C(\C)N1CCCCC1. The number of phenolic OH excluding ortho intramolecular Hbond substituents is 1. The van der Waals surface area contributed by atoms with Gasteiger partial charge in [0.15, 0.2) is 0 Å². The van der Waals surface area contributed by atoms with Crippen molar-refractivity contribution in [1.29, 1.82) is 0 Å². The summed E-state index contributed by atoms with van der Waals surface area (Å²) in [5.74, 6) is 0.388. The van der Waals surface area contributed by atoms with Crippen molar-refractivity contribution in [1.82, 2.24) is 4.90 Å². The molecule has 1 aliphatic rings. The molecule has 29 heavy (non-hydrogen) atoms. The lowest BCUT2D eigenvalue weighted by Crippen LogP contribution is -2.29. The molecule has 1 heterocycles. The molecule has 1 aromatic rings. The zero-order valence-electron chi connectivity index (χ0n) is 19.0. The topological polar surface area (TPSA) is 35.8 Å². The van der Waals surface area contributed by atoms with Gasteiger partial charge in [0, 0.05) is 24.5 Å². The molecule has 1 fully saturated rings. The summed E-state index contributed by atoms with van der Waals surface area (Å²) in [6, 6.07) is 5.96. The molecule has 1 saturated heterocycles. The summed E-state index contributed by atoms with van der Waals surface area (Å²) in [5.41, 5.74) is 7.74. The van der Waals surface area contributed by atoms with Crippen LogP contribution in [-0.2, 0) is 6.42 Å². The molecule has 1 N–H and O–H groups in total. The molecule has 1 aromatic carbocycles. The summed E-state index contributed by atoms with van der Waals surface area (Å²) in [6.45, 7) is 16.9. The fraction of sp³-hybridized carbons (Fsp3) is 0.500. The van der Waals surface area contributed by atoms with E-state index >= 15 is 0 Å². The second kappa shape index (κ2) is 11.0. The average molecular weight is 395 g/mol. The minimum Gasteiger partial charge on any atom is -0.508 e. The lowest BCUT2D eigenvalue weighted by atomic mass is 9.96. The van der Waals surface area contributed by atoms with Crippen LogP contribution in [0.5, 0.6) is 5.75 Å². The third-order valence-electron chi connectivity index (χ3n) is 5.73. The minimum absolute atomic E-state index is 0.388. The van der Waals surface area contributed by atoms with Gasteiger partial charge >= 0.3 is 0 Å². The van der Waals surface area contributed by atoms with Crippen LogP contribution < -0.4 is 0 Å². The van der Waals surface area contributed by atoms with Crippen LogP contribution in [0.2, 0.25) is 0 Å². The van der Waals surface area contributed by atoms with Crippen molar-refractivity contribution < 1.29 is 5.11 Å². The monoisotopic (exact) mass is 394 g/mol. The van der Waals surface area contributed by atoms with Crippen molar-refractivity contribution in [2.45, 2.75) is 73.1 Å². The van der Waals surface area contributed by atoms with E-state index in [1.54, 1.807) is 0 Å². The maximum absolute atomic E-state index is 10.2. The fourth-order valence-electron chi connectivity index (χ4n) is 3.89. The summed E-state index contributed by atoms with van der Waals surface area (Å²) in [5, 5.41) is 10.2. The Morgan fingerprint density at radius 1 is 1.14 bits per heavy atom. The second-order valence-corrected chi connectivity index (χ2v) is 8.11. The van der Waals surface area contributed by atoms with Crippen LogP contribution in [0.4, 0.5) is 0 Å². The lowest BCUT2D eigenvalue weighted by Gasteiger charge is -2.31. The molecule has 158 valence electrons. The van der Waals surface area contributed by atoms with Crippen molar-refractivity contribution in [3.63, 3.8) is 0 Å². The normalized spacial score (nSPS) is 16.7. The van der Waals surface area contributed by atoms with Gasteiger partial charge in [-0.2, -0.15) is 0 Å². The number of nitrogens with zero attached hydrogens (tertiary/aromatic N) is 2. The number of piperidine rings is 1. The van der Waals surface area contributed by atoms with Gasteiger partial charge in [0.2, 0.25) is 0 Å². The Morgan fingerprint density at radius 2 is 1.83 bits per heavy atom. The Morgan fingerprint density at radius 3 is 2.41 bits per heavy atom. The van der Waals surface area contributed by atoms with E-state index in [0.717, 1.165) is 54.9 Å². The van der Waals surface area contributed by atoms with Crippen molar-refractivity contribution in [2.75, 3.05) is 13.1 Å². The molecule has 0 aromatic heterocycles. The Labute approximate surface area is 177 Å². The van der Waals surface area contributed by atoms with E-state index in [0.29, 0.717) is 5.75 Å². The van der Waals surface area contributed by atoms with Gasteiger partial charge in [0.05, 0.1) is 5.71 Å². The largest absolute Gasteiger partial charge is 0.508 e. The number of benzene rings is 1. The van der Waals surface area contributed by atoms with E-state index in [-0.39, 0.29) is 0 Å². The zero-order valence-corrected chi connectivity index (χ0v) is 19.0. The summed E-state index contributed by atoms with van der Waals surface area (Å²) >= 11 is 0. The van der Waals surface area contributed by atoms with E-state index in [1.807, 2.05) is 19.1 Å². The Bertz CT molecular complexity index is 808. The Kier molecular flexibility index (Phi) is 8.75. The van der Waals surface area contributed by atoms with Crippen LogP contribution in [-0.4, -0.2) is 28.8 Å². The molecular formula is C26H38N2O. The van der Waals surface area contributed by atoms with Crippen molar-refractivity contribution in [2.24, 2.45) is 4.99 Å². The molecule has 3 nitrogen and oxygen atoms in total. The van der Waals surface area contributed by atoms with Gasteiger partial charge in [0.1, 0.15) is 5.75 Å². The summed E-state index contributed by atoms with van der Waals surface area (Å²) in [7, 11) is 0. The summed E-state index contributed by atoms with van der Waals surface area (Å²) in [4.78, 5) is 7.29. The molecule has 0 unspecified atom stereocenters. The molecule has 0 bridgehead atoms. The highest BCUT2D eigenvalue weighted by atomic mass is 16.3. The molecule has 0 atom stereocenters. The number of aromatic hydroxyl groups is 1. The summed E-state index contributed by atoms with van der Waals surface area (Å²) < 4.78 is 0. The van der Waals surface area contributed by atoms with E-state index < -0.39 is 0 Å². The minimum atomic E-state index is 0.388. The van der Waals surface area contributed by atoms with E-state index in [2.05, 4.69) is 51.3 Å². The van der Waals surface area contributed by atoms with Gasteiger partial charge in [-0.3, -0.25) is 4.99 Å². The van der Waals surface area contributed by atoms with Gasteiger partial charge in [-0.15, -0.1) is 0 Å². The van der Waals surface area contributed by atoms with Crippen LogP contribution in [0.15, 0.2) is 52.8 Å². The van der Waals surface area contributed by atoms with Crippen molar-refractivity contribution in [3.8, 4) is 5.75 Å². The molecule has 0 amide bonds. The first-order valence-electron chi connectivity index (χ1n) is 11.1. The number of aryl methyl sites for hydroxylation is 1. The number of phenols is 1. The van der Waals surface area contributed by atoms with Gasteiger partial charge < -0.3 is 10.0 Å². The van der Waals surface area contributed by atoms with Gasteiger partial charge in [-0.25, -0.2) is 0 Å². The van der Waals surface area contributed by atoms with Crippen molar-refractivity contribution in [3.05, 3.63) is 58.9 Å². The maximum atomic E-state index is 10.2. The number of allylic oxidation sites excluding steroid dienone is 5. The van der Waals surface area contributed by atoms with Crippen LogP contribution in [0.3, 0.4) is 0 Å². The second-order valence-electron chi connectivity index (χ2n) is 8.11. The van der Waals surface area contributed by atoms with Crippen LogP contribution in [0, 0.1) is 0 Å². The smallest absolute Gasteiger partial charge is 0.118 e. The van der Waals surface area contributed by atoms with Gasteiger partial charge in [-0.05, 0) is 93.4 Å². The Balaban J connectivity index is 2.47. The highest BCUT2D eigenvalue weighted by Crippen LogP contribution is 2.27. The zero-order chi connectivity index (χ0) is 21.4. The average Bonchev–Trinajstić information content (AvgIpc) is 2.72. The highest BCUT2D eigenvalue weighted by molar-refractivity contribution is 6.12. The quantitative estimate of drug-likeness (QED) is 0.487. The molecule has 0 saturated carbocycles. The lowest BCUT2D eigenvalue weighted by molar-refractivity contribution is 0.284. The fourth-order valence-corrected chi connectivity index (χ4v) is 3.89. The van der Waals surface area contributed by atoms with Gasteiger partial charge in [0.25, 0.3) is 0 Å². The number of likely N-dealkylation sites (tertiary alicyclic amines) is 1. The molecule has 0 spiro atoms. The first-order chi connectivity index (χ1) is 13.9. The number of hydrogen-bond donors (Lipinski definition) is 1. The van der Waals surface area contributed by atoms with Crippen LogP contribution >= 0.6 is 0 Å². The predicted octanol–water partition coefficient (Wildman–Crippen LogP) is 6.89. The van der Waals surface area contributed by atoms with Crippen LogP contribution in [0.25, 0.3) is 5.57 Å². The molecular weight excluding hydrogens is 356 g/mol. The van der Waals surface area contributed by atoms with E-state index in [1.165, 1.54) is 36.1 Å². The highest BCUT2D eigenvalue weighted by Gasteiger charge is 2.15. The molecule has 1 aliphatic heterocycles. The van der Waals surface area contributed by atoms with Gasteiger partial charge in [-0.1, -0.05) is 32.9 Å². The first kappa shape index (κ1) is 23.0. The van der Waals surface area contributed by atoms with Crippen LogP contribution in [0.1, 0.15) is 77.8 Å². The number of hydrogen-bond acceptors (Lipinski definition) is 3. The number of rotatable bonds is 8. The molecule has 0 radical (unpaired) electrons. The number of aliphatic imine (C=N–C) groups is 1. The summed E-state index contributed by atoms with van der Waals surface area (Å²) in [6.07, 6.45) is 8.87.